The first-order valence-electron chi connectivity index (χ1n) is 16.1. The maximum Gasteiger partial charge on any atom is 0.471 e. The molecule has 4 aromatic rings. The van der Waals surface area contributed by atoms with Crippen molar-refractivity contribution < 1.29 is 47.1 Å². The zero-order valence-corrected chi connectivity index (χ0v) is 30.2. The molecular formula is C33H37F3IN9O7. The maximum absolute atomic E-state index is 12.3. The van der Waals surface area contributed by atoms with Gasteiger partial charge in [-0.05, 0) is 22.6 Å². The van der Waals surface area contributed by atoms with E-state index in [0.717, 1.165) is 14.6 Å². The molecule has 0 aromatic carbocycles. The summed E-state index contributed by atoms with van der Waals surface area (Å²) in [6, 6.07) is 0. The molecule has 284 valence electrons. The van der Waals surface area contributed by atoms with Gasteiger partial charge in [0.1, 0.15) is 60.2 Å². The molecule has 2 fully saturated rings. The van der Waals surface area contributed by atoms with E-state index >= 15 is 0 Å². The third-order valence-electron chi connectivity index (χ3n) is 8.25. The normalized spacial score (nSPS) is 22.6. The molecule has 0 saturated carbocycles. The Morgan fingerprint density at radius 2 is 1.45 bits per heavy atom. The molecule has 16 nitrogen and oxygen atoms in total. The highest BCUT2D eigenvalue weighted by Gasteiger charge is 2.39. The average Bonchev–Trinajstić information content (AvgIpc) is 3.91. The van der Waals surface area contributed by atoms with E-state index in [1.807, 2.05) is 10.8 Å². The summed E-state index contributed by atoms with van der Waals surface area (Å²) in [5.41, 5.74) is 13.4. The summed E-state index contributed by atoms with van der Waals surface area (Å²) in [7, 11) is 0. The Hall–Kier alpha value is -4.37. The first kappa shape index (κ1) is 39.8. The van der Waals surface area contributed by atoms with Gasteiger partial charge in [0.2, 0.25) is 0 Å². The summed E-state index contributed by atoms with van der Waals surface area (Å²) < 4.78 is 64.5. The Labute approximate surface area is 314 Å². The summed E-state index contributed by atoms with van der Waals surface area (Å²) >= 11 is 2.20. The molecule has 2 aliphatic rings. The Bertz CT molecular complexity index is 2000. The quantitative estimate of drug-likeness (QED) is 0.0833. The van der Waals surface area contributed by atoms with Crippen LogP contribution in [0.2, 0.25) is 0 Å². The minimum absolute atomic E-state index is 0.0915. The summed E-state index contributed by atoms with van der Waals surface area (Å²) in [6.07, 6.45) is 3.26. The lowest BCUT2D eigenvalue weighted by atomic mass is 10.2. The number of aliphatic hydroxyl groups excluding tert-OH is 2. The number of halogens is 4. The fourth-order valence-corrected chi connectivity index (χ4v) is 6.69. The van der Waals surface area contributed by atoms with Gasteiger partial charge in [-0.2, -0.15) is 13.2 Å². The van der Waals surface area contributed by atoms with Gasteiger partial charge in [0.25, 0.3) is 0 Å². The topological polar surface area (TPSA) is 220 Å². The van der Waals surface area contributed by atoms with Gasteiger partial charge in [-0.25, -0.2) is 19.9 Å². The number of ether oxygens (including phenoxy) is 4. The minimum Gasteiger partial charge on any atom is -0.394 e. The lowest BCUT2D eigenvalue weighted by Crippen LogP contribution is -2.36. The van der Waals surface area contributed by atoms with Gasteiger partial charge in [0.05, 0.1) is 61.5 Å². The molecule has 20 heteroatoms. The second kappa shape index (κ2) is 17.6. The van der Waals surface area contributed by atoms with Crippen molar-refractivity contribution in [2.75, 3.05) is 44.4 Å². The van der Waals surface area contributed by atoms with E-state index in [-0.39, 0.29) is 43.6 Å². The summed E-state index contributed by atoms with van der Waals surface area (Å²) in [6.45, 7) is 7.10. The summed E-state index contributed by atoms with van der Waals surface area (Å²) in [5, 5.41) is 22.0. The number of amides is 1. The van der Waals surface area contributed by atoms with Crippen LogP contribution in [0.25, 0.3) is 22.1 Å². The maximum atomic E-state index is 12.3. The molecule has 6 unspecified atom stereocenters. The number of alkyl halides is 3. The fraction of sp³-hybridized carbons (Fsp3) is 0.424. The van der Waals surface area contributed by atoms with Gasteiger partial charge >= 0.3 is 12.1 Å². The number of anilines is 2. The van der Waals surface area contributed by atoms with E-state index in [2.05, 4.69) is 67.5 Å². The Morgan fingerprint density at radius 1 is 0.943 bits per heavy atom. The van der Waals surface area contributed by atoms with Crippen LogP contribution in [0.5, 0.6) is 0 Å². The molecule has 7 N–H and O–H groups in total. The van der Waals surface area contributed by atoms with Crippen LogP contribution in [0.4, 0.5) is 24.8 Å². The Balaban J connectivity index is 0.000000216. The number of hydrogen-bond donors (Lipinski definition) is 5. The zero-order chi connectivity index (χ0) is 38.3. The van der Waals surface area contributed by atoms with E-state index in [4.69, 9.17) is 30.4 Å². The molecule has 1 amide bonds. The second-order valence-electron chi connectivity index (χ2n) is 11.6. The molecule has 2 aliphatic heterocycles. The number of rotatable bonds is 11. The van der Waals surface area contributed by atoms with E-state index in [1.165, 1.54) is 12.7 Å². The molecule has 0 spiro atoms. The van der Waals surface area contributed by atoms with Crippen molar-refractivity contribution in [3.05, 3.63) is 59.5 Å². The van der Waals surface area contributed by atoms with Crippen molar-refractivity contribution in [3.8, 4) is 11.8 Å². The highest BCUT2D eigenvalue weighted by Crippen LogP contribution is 2.37. The number of nitrogens with zero attached hydrogens (tertiary/aromatic N) is 6. The SMILES string of the molecule is C=CCOC1CC(n2cc(C#CCNC(=O)C(F)(F)F)c3c(N)ncnc32)OC1CO.C=CCOC1CC(n2cc(I)c3c(N)ncnc32)OC1CO. The van der Waals surface area contributed by atoms with Gasteiger partial charge in [-0.1, -0.05) is 24.0 Å². The minimum atomic E-state index is -4.98. The number of carbonyl (C=O) groups is 1. The van der Waals surface area contributed by atoms with Gasteiger partial charge in [0.15, 0.2) is 0 Å². The molecule has 53 heavy (non-hydrogen) atoms. The molecule has 6 atom stereocenters. The van der Waals surface area contributed by atoms with Crippen molar-refractivity contribution in [3.63, 3.8) is 0 Å². The molecule has 6 heterocycles. The molecule has 0 bridgehead atoms. The molecular weight excluding hydrogens is 818 g/mol. The van der Waals surface area contributed by atoms with Crippen molar-refractivity contribution in [2.45, 2.75) is 55.9 Å². The van der Waals surface area contributed by atoms with Crippen LogP contribution in [0, 0.1) is 15.4 Å². The highest BCUT2D eigenvalue weighted by molar-refractivity contribution is 14.1. The second-order valence-corrected chi connectivity index (χ2v) is 12.8. The van der Waals surface area contributed by atoms with Crippen molar-refractivity contribution in [1.82, 2.24) is 34.4 Å². The summed E-state index contributed by atoms with van der Waals surface area (Å²) in [4.78, 5) is 27.4. The van der Waals surface area contributed by atoms with Crippen molar-refractivity contribution in [1.29, 1.82) is 0 Å². The first-order valence-corrected chi connectivity index (χ1v) is 17.2. The predicted molar refractivity (Wildman–Crippen MR) is 194 cm³/mol. The van der Waals surface area contributed by atoms with Crippen molar-refractivity contribution >= 4 is 62.2 Å². The number of fused-ring (bicyclic) bond motifs is 2. The standard InChI is InChI=1S/C19H20F3N5O4.C14H17IN4O3/c1-2-6-30-12-7-14(31-13(12)9-28)27-8-11(15-16(23)25-10-26-17(15)27)4-3-5-24-18(29)19(20,21)22;1-2-3-21-9-4-11(22-10(9)6-20)19-5-8(15)12-13(16)17-7-18-14(12)19/h2,8,10,12-14,28H,1,5-7,9H2,(H,24,29)(H2,23,25,26);2,5,7,9-11,20H,1,3-4,6H2,(H2,16,17,18). The highest BCUT2D eigenvalue weighted by atomic mass is 127. The number of hydrogen-bond acceptors (Lipinski definition) is 13. The van der Waals surface area contributed by atoms with Crippen LogP contribution >= 0.6 is 22.6 Å². The van der Waals surface area contributed by atoms with Crippen LogP contribution in [-0.4, -0.2) is 109 Å². The van der Waals surface area contributed by atoms with Gasteiger partial charge in [-0.15, -0.1) is 13.2 Å². The van der Waals surface area contributed by atoms with Crippen LogP contribution in [0.3, 0.4) is 0 Å². The smallest absolute Gasteiger partial charge is 0.394 e. The molecule has 0 radical (unpaired) electrons. The molecule has 0 aliphatic carbocycles. The van der Waals surface area contributed by atoms with Gasteiger partial charge in [-0.3, -0.25) is 4.79 Å². The Kier molecular flexibility index (Phi) is 13.3. The number of nitrogens with one attached hydrogen (secondary N) is 1. The molecule has 6 rings (SSSR count). The predicted octanol–water partition coefficient (Wildman–Crippen LogP) is 2.36. The van der Waals surface area contributed by atoms with Crippen LogP contribution < -0.4 is 16.8 Å². The number of carbonyl (C=O) groups excluding carboxylic acids is 1. The van der Waals surface area contributed by atoms with E-state index in [0.29, 0.717) is 48.5 Å². The fourth-order valence-electron chi connectivity index (χ4n) is 5.87. The lowest BCUT2D eigenvalue weighted by Gasteiger charge is -2.15. The van der Waals surface area contributed by atoms with E-state index in [1.54, 1.807) is 28.2 Å². The first-order chi connectivity index (χ1) is 25.4. The largest absolute Gasteiger partial charge is 0.471 e. The molecule has 4 aromatic heterocycles. The lowest BCUT2D eigenvalue weighted by molar-refractivity contribution is -0.173. The van der Waals surface area contributed by atoms with Crippen molar-refractivity contribution in [2.24, 2.45) is 0 Å². The Morgan fingerprint density at radius 3 is 1.96 bits per heavy atom. The molecule has 2 saturated heterocycles. The summed E-state index contributed by atoms with van der Waals surface area (Å²) in [5.74, 6) is 3.65. The number of nitrogens with two attached hydrogens (primary N) is 2. The van der Waals surface area contributed by atoms with E-state index in [9.17, 15) is 28.2 Å². The number of nitrogen functional groups attached to an aromatic ring is 2. The third kappa shape index (κ3) is 9.06. The monoisotopic (exact) mass is 855 g/mol. The average molecular weight is 856 g/mol. The van der Waals surface area contributed by atoms with Crippen LogP contribution in [0.15, 0.2) is 50.4 Å². The van der Waals surface area contributed by atoms with E-state index < -0.39 is 31.0 Å². The van der Waals surface area contributed by atoms with Crippen LogP contribution in [-0.2, 0) is 23.7 Å². The zero-order valence-electron chi connectivity index (χ0n) is 28.1. The number of aromatic nitrogens is 6. The third-order valence-corrected chi connectivity index (χ3v) is 9.06. The van der Waals surface area contributed by atoms with Crippen LogP contribution in [0.1, 0.15) is 30.9 Å². The van der Waals surface area contributed by atoms with Gasteiger partial charge in [0, 0.05) is 28.8 Å². The number of aliphatic hydroxyl groups is 2. The van der Waals surface area contributed by atoms with Gasteiger partial charge < -0.3 is 55.1 Å².